The van der Waals surface area contributed by atoms with E-state index in [1.807, 2.05) is 11.1 Å². The van der Waals surface area contributed by atoms with E-state index in [0.29, 0.717) is 30.1 Å². The standard InChI is InChI=1S/C12H15N5O2/c1-8-11(9(2)19-14-8)12(18)16-5-3-10(7-16)17-6-4-13-15-17/h4,6,10H,3,5,7H2,1-2H3. The Kier molecular flexibility index (Phi) is 2.81. The highest BCUT2D eigenvalue weighted by atomic mass is 16.5. The Morgan fingerprint density at radius 1 is 1.47 bits per heavy atom. The predicted octanol–water partition coefficient (Wildman–Crippen LogP) is 0.970. The summed E-state index contributed by atoms with van der Waals surface area (Å²) in [7, 11) is 0. The minimum absolute atomic E-state index is 0.0149. The van der Waals surface area contributed by atoms with Gasteiger partial charge in [0.2, 0.25) is 0 Å². The van der Waals surface area contributed by atoms with E-state index in [9.17, 15) is 4.79 Å². The summed E-state index contributed by atoms with van der Waals surface area (Å²) in [4.78, 5) is 14.3. The first-order valence-electron chi connectivity index (χ1n) is 6.24. The van der Waals surface area contributed by atoms with E-state index in [-0.39, 0.29) is 11.9 Å². The lowest BCUT2D eigenvalue weighted by Crippen LogP contribution is -2.30. The van der Waals surface area contributed by atoms with E-state index in [4.69, 9.17) is 4.52 Å². The van der Waals surface area contributed by atoms with E-state index < -0.39 is 0 Å². The van der Waals surface area contributed by atoms with Crippen LogP contribution in [-0.4, -0.2) is 44.0 Å². The van der Waals surface area contributed by atoms with Gasteiger partial charge in [-0.05, 0) is 20.3 Å². The van der Waals surface area contributed by atoms with Crippen molar-refractivity contribution in [1.29, 1.82) is 0 Å². The van der Waals surface area contributed by atoms with Gasteiger partial charge in [-0.3, -0.25) is 4.79 Å². The van der Waals surface area contributed by atoms with Crippen LogP contribution in [0, 0.1) is 13.8 Å². The van der Waals surface area contributed by atoms with Crippen molar-refractivity contribution in [2.75, 3.05) is 13.1 Å². The molecule has 7 nitrogen and oxygen atoms in total. The maximum absolute atomic E-state index is 12.4. The quantitative estimate of drug-likeness (QED) is 0.805. The van der Waals surface area contributed by atoms with Gasteiger partial charge in [0.05, 0.1) is 17.9 Å². The molecule has 19 heavy (non-hydrogen) atoms. The van der Waals surface area contributed by atoms with Gasteiger partial charge in [0.15, 0.2) is 0 Å². The van der Waals surface area contributed by atoms with Crippen molar-refractivity contribution in [3.05, 3.63) is 29.4 Å². The Labute approximate surface area is 110 Å². The molecule has 0 spiro atoms. The van der Waals surface area contributed by atoms with Gasteiger partial charge in [0.1, 0.15) is 11.3 Å². The molecule has 7 heteroatoms. The van der Waals surface area contributed by atoms with Gasteiger partial charge in [0, 0.05) is 19.3 Å². The van der Waals surface area contributed by atoms with Crippen LogP contribution in [-0.2, 0) is 0 Å². The molecule has 3 rings (SSSR count). The van der Waals surface area contributed by atoms with Gasteiger partial charge >= 0.3 is 0 Å². The number of carbonyl (C=O) groups is 1. The number of aryl methyl sites for hydroxylation is 2. The molecule has 1 amide bonds. The molecular formula is C12H15N5O2. The SMILES string of the molecule is Cc1noc(C)c1C(=O)N1CCC(n2ccnn2)C1. The second-order valence-corrected chi connectivity index (χ2v) is 4.78. The first-order valence-corrected chi connectivity index (χ1v) is 6.24. The highest BCUT2D eigenvalue weighted by molar-refractivity contribution is 5.96. The fraction of sp³-hybridized carbons (Fsp3) is 0.500. The van der Waals surface area contributed by atoms with E-state index in [1.54, 1.807) is 24.7 Å². The summed E-state index contributed by atoms with van der Waals surface area (Å²) >= 11 is 0. The normalized spacial score (nSPS) is 19.1. The molecule has 0 bridgehead atoms. The van der Waals surface area contributed by atoms with Gasteiger partial charge in [-0.2, -0.15) is 0 Å². The second-order valence-electron chi connectivity index (χ2n) is 4.78. The molecule has 0 saturated carbocycles. The molecule has 2 aromatic heterocycles. The lowest BCUT2D eigenvalue weighted by Gasteiger charge is -2.16. The van der Waals surface area contributed by atoms with Gasteiger partial charge in [-0.15, -0.1) is 5.10 Å². The first-order chi connectivity index (χ1) is 9.16. The average molecular weight is 261 g/mol. The van der Waals surface area contributed by atoms with Gasteiger partial charge < -0.3 is 9.42 Å². The zero-order valence-corrected chi connectivity index (χ0v) is 10.9. The van der Waals surface area contributed by atoms with Crippen LogP contribution >= 0.6 is 0 Å². The van der Waals surface area contributed by atoms with Gasteiger partial charge in [-0.25, -0.2) is 4.68 Å². The van der Waals surface area contributed by atoms with Crippen LogP contribution in [0.15, 0.2) is 16.9 Å². The molecule has 2 aromatic rings. The maximum atomic E-state index is 12.4. The Hall–Kier alpha value is -2.18. The lowest BCUT2D eigenvalue weighted by atomic mass is 10.2. The fourth-order valence-electron chi connectivity index (χ4n) is 2.50. The first kappa shape index (κ1) is 11.9. The molecule has 1 aliphatic rings. The number of likely N-dealkylation sites (tertiary alicyclic amines) is 1. The second kappa shape index (κ2) is 4.49. The van der Waals surface area contributed by atoms with Crippen LogP contribution in [0.3, 0.4) is 0 Å². The third-order valence-electron chi connectivity index (χ3n) is 3.51. The summed E-state index contributed by atoms with van der Waals surface area (Å²) in [6, 6.07) is 0.201. The summed E-state index contributed by atoms with van der Waals surface area (Å²) in [6.45, 7) is 4.91. The van der Waals surface area contributed by atoms with Crippen molar-refractivity contribution in [2.24, 2.45) is 0 Å². The van der Waals surface area contributed by atoms with Crippen molar-refractivity contribution in [1.82, 2.24) is 25.1 Å². The van der Waals surface area contributed by atoms with Crippen molar-refractivity contribution in [3.8, 4) is 0 Å². The van der Waals surface area contributed by atoms with E-state index in [2.05, 4.69) is 15.5 Å². The van der Waals surface area contributed by atoms with Gasteiger partial charge in [0.25, 0.3) is 5.91 Å². The molecule has 3 heterocycles. The molecule has 0 aromatic carbocycles. The summed E-state index contributed by atoms with van der Waals surface area (Å²) in [6.07, 6.45) is 4.37. The maximum Gasteiger partial charge on any atom is 0.259 e. The van der Waals surface area contributed by atoms with Crippen LogP contribution in [0.4, 0.5) is 0 Å². The third kappa shape index (κ3) is 2.00. The van der Waals surface area contributed by atoms with E-state index in [0.717, 1.165) is 6.42 Å². The smallest absolute Gasteiger partial charge is 0.259 e. The van der Waals surface area contributed by atoms with Crippen LogP contribution in [0.2, 0.25) is 0 Å². The third-order valence-corrected chi connectivity index (χ3v) is 3.51. The van der Waals surface area contributed by atoms with Crippen LogP contribution < -0.4 is 0 Å². The van der Waals surface area contributed by atoms with E-state index >= 15 is 0 Å². The number of aromatic nitrogens is 4. The Balaban J connectivity index is 1.76. The number of carbonyl (C=O) groups excluding carboxylic acids is 1. The Morgan fingerprint density at radius 2 is 2.32 bits per heavy atom. The van der Waals surface area contributed by atoms with Crippen molar-refractivity contribution < 1.29 is 9.32 Å². The minimum atomic E-state index is -0.0149. The largest absolute Gasteiger partial charge is 0.361 e. The zero-order valence-electron chi connectivity index (χ0n) is 10.9. The summed E-state index contributed by atoms with van der Waals surface area (Å²) in [5.74, 6) is 0.561. The van der Waals surface area contributed by atoms with Crippen LogP contribution in [0.1, 0.15) is 34.3 Å². The minimum Gasteiger partial charge on any atom is -0.361 e. The molecule has 1 aliphatic heterocycles. The summed E-state index contributed by atoms with van der Waals surface area (Å²) < 4.78 is 6.86. The summed E-state index contributed by atoms with van der Waals surface area (Å²) in [5, 5.41) is 11.6. The molecule has 1 atom stereocenters. The molecule has 0 radical (unpaired) electrons. The monoisotopic (exact) mass is 261 g/mol. The molecule has 100 valence electrons. The topological polar surface area (TPSA) is 77.0 Å². The number of nitrogens with zero attached hydrogens (tertiary/aromatic N) is 5. The number of rotatable bonds is 2. The molecular weight excluding hydrogens is 246 g/mol. The van der Waals surface area contributed by atoms with Crippen LogP contribution in [0.25, 0.3) is 0 Å². The Bertz CT molecular complexity index is 570. The average Bonchev–Trinajstić information content (AvgIpc) is 3.09. The highest BCUT2D eigenvalue weighted by Gasteiger charge is 2.31. The van der Waals surface area contributed by atoms with Crippen molar-refractivity contribution >= 4 is 5.91 Å². The van der Waals surface area contributed by atoms with Crippen molar-refractivity contribution in [3.63, 3.8) is 0 Å². The number of amides is 1. The molecule has 0 aliphatic carbocycles. The summed E-state index contributed by atoms with van der Waals surface area (Å²) in [5.41, 5.74) is 1.23. The zero-order chi connectivity index (χ0) is 13.4. The van der Waals surface area contributed by atoms with Crippen molar-refractivity contribution in [2.45, 2.75) is 26.3 Å². The molecule has 1 fully saturated rings. The number of hydrogen-bond acceptors (Lipinski definition) is 5. The molecule has 1 saturated heterocycles. The van der Waals surface area contributed by atoms with E-state index in [1.165, 1.54) is 0 Å². The predicted molar refractivity (Wildman–Crippen MR) is 65.6 cm³/mol. The van der Waals surface area contributed by atoms with Gasteiger partial charge in [-0.1, -0.05) is 10.4 Å². The fourth-order valence-corrected chi connectivity index (χ4v) is 2.50. The Morgan fingerprint density at radius 3 is 2.95 bits per heavy atom. The molecule has 1 unspecified atom stereocenters. The lowest BCUT2D eigenvalue weighted by molar-refractivity contribution is 0.0784. The number of hydrogen-bond donors (Lipinski definition) is 0. The molecule has 0 N–H and O–H groups in total. The van der Waals surface area contributed by atoms with Crippen LogP contribution in [0.5, 0.6) is 0 Å². The highest BCUT2D eigenvalue weighted by Crippen LogP contribution is 2.24.